The molecule has 134 valence electrons. The van der Waals surface area contributed by atoms with Crippen molar-refractivity contribution in [3.8, 4) is 0 Å². The lowest BCUT2D eigenvalue weighted by molar-refractivity contribution is -0.143. The summed E-state index contributed by atoms with van der Waals surface area (Å²) in [6.45, 7) is 2.67. The number of benzene rings is 1. The summed E-state index contributed by atoms with van der Waals surface area (Å²) in [6, 6.07) is 0.665. The SMILES string of the molecule is CC(C)C(=C=CC(F)(F)F)c1cc(C(F)(F)F)cc(C(F)(F)F)c1. The fourth-order valence-corrected chi connectivity index (χ4v) is 1.85. The Labute approximate surface area is 131 Å². The first-order chi connectivity index (χ1) is 10.6. The van der Waals surface area contributed by atoms with Crippen molar-refractivity contribution in [2.24, 2.45) is 5.92 Å². The molecule has 0 bridgehead atoms. The molecule has 1 rings (SSSR count). The van der Waals surface area contributed by atoms with E-state index < -0.39 is 46.7 Å². The lowest BCUT2D eigenvalue weighted by atomic mass is 9.92. The lowest BCUT2D eigenvalue weighted by Crippen LogP contribution is -2.12. The summed E-state index contributed by atoms with van der Waals surface area (Å²) >= 11 is 0. The third-order valence-corrected chi connectivity index (χ3v) is 2.87. The molecule has 0 aliphatic heterocycles. The van der Waals surface area contributed by atoms with Gasteiger partial charge < -0.3 is 0 Å². The summed E-state index contributed by atoms with van der Waals surface area (Å²) in [5.74, 6) is -0.784. The highest BCUT2D eigenvalue weighted by molar-refractivity contribution is 5.68. The molecule has 0 aliphatic carbocycles. The molecule has 0 unspecified atom stereocenters. The van der Waals surface area contributed by atoms with Crippen LogP contribution in [0.25, 0.3) is 5.57 Å². The first-order valence-corrected chi connectivity index (χ1v) is 6.45. The standard InChI is InChI=1S/C15H11F9/c1-8(2)12(3-4-13(16,17)18)9-5-10(14(19,20)21)7-11(6-9)15(22,23)24/h4-8H,1-2H3. The molecule has 0 heterocycles. The van der Waals surface area contributed by atoms with Crippen LogP contribution in [0.4, 0.5) is 39.5 Å². The van der Waals surface area contributed by atoms with Crippen LogP contribution < -0.4 is 0 Å². The molecule has 1 aromatic rings. The van der Waals surface area contributed by atoms with E-state index in [1.54, 1.807) is 5.73 Å². The second kappa shape index (κ2) is 6.55. The maximum Gasteiger partial charge on any atom is 0.416 e. The first kappa shape index (κ1) is 20.2. The molecule has 0 amide bonds. The Hall–Kier alpha value is -1.89. The Kier molecular flexibility index (Phi) is 5.50. The van der Waals surface area contributed by atoms with Crippen LogP contribution in [0.3, 0.4) is 0 Å². The van der Waals surface area contributed by atoms with Gasteiger partial charge in [0.05, 0.1) is 17.2 Å². The maximum atomic E-state index is 12.8. The Bertz CT molecular complexity index is 619. The molecule has 0 aliphatic rings. The molecule has 0 aromatic heterocycles. The maximum absolute atomic E-state index is 12.8. The second-order valence-electron chi connectivity index (χ2n) is 5.19. The fraction of sp³-hybridized carbons (Fsp3) is 0.400. The van der Waals surface area contributed by atoms with Crippen LogP contribution in [-0.4, -0.2) is 6.18 Å². The van der Waals surface area contributed by atoms with Gasteiger partial charge >= 0.3 is 18.5 Å². The summed E-state index contributed by atoms with van der Waals surface area (Å²) < 4.78 is 113. The molecule has 0 radical (unpaired) electrons. The van der Waals surface area contributed by atoms with Crippen LogP contribution in [0.15, 0.2) is 30.0 Å². The van der Waals surface area contributed by atoms with Gasteiger partial charge in [0.15, 0.2) is 0 Å². The topological polar surface area (TPSA) is 0 Å². The van der Waals surface area contributed by atoms with E-state index in [4.69, 9.17) is 0 Å². The summed E-state index contributed by atoms with van der Waals surface area (Å²) in [5, 5.41) is 0. The smallest absolute Gasteiger partial charge is 0.166 e. The van der Waals surface area contributed by atoms with E-state index in [0.717, 1.165) is 0 Å². The largest absolute Gasteiger partial charge is 0.416 e. The van der Waals surface area contributed by atoms with Gasteiger partial charge in [0.25, 0.3) is 0 Å². The van der Waals surface area contributed by atoms with Gasteiger partial charge in [-0.3, -0.25) is 0 Å². The van der Waals surface area contributed by atoms with Gasteiger partial charge in [-0.2, -0.15) is 39.5 Å². The van der Waals surface area contributed by atoms with Crippen LogP contribution in [0, 0.1) is 5.92 Å². The Balaban J connectivity index is 3.69. The van der Waals surface area contributed by atoms with Gasteiger partial charge in [0.1, 0.15) is 0 Å². The van der Waals surface area contributed by atoms with Gasteiger partial charge in [0, 0.05) is 5.57 Å². The molecule has 9 heteroatoms. The zero-order chi connectivity index (χ0) is 18.9. The number of rotatable bonds is 2. The van der Waals surface area contributed by atoms with Crippen LogP contribution >= 0.6 is 0 Å². The van der Waals surface area contributed by atoms with Crippen LogP contribution in [-0.2, 0) is 12.4 Å². The molecule has 0 N–H and O–H groups in total. The number of hydrogen-bond donors (Lipinski definition) is 0. The average molecular weight is 362 g/mol. The quantitative estimate of drug-likeness (QED) is 0.417. The van der Waals surface area contributed by atoms with Crippen molar-refractivity contribution in [1.29, 1.82) is 0 Å². The summed E-state index contributed by atoms with van der Waals surface area (Å²) in [5.41, 5.74) is -2.46. The molecular formula is C15H11F9. The van der Waals surface area contributed by atoms with E-state index >= 15 is 0 Å². The number of allylic oxidation sites excluding steroid dienone is 1. The predicted molar refractivity (Wildman–Crippen MR) is 68.8 cm³/mol. The van der Waals surface area contributed by atoms with E-state index in [1.165, 1.54) is 13.8 Å². The number of hydrogen-bond acceptors (Lipinski definition) is 0. The Morgan fingerprint density at radius 2 is 1.25 bits per heavy atom. The third-order valence-electron chi connectivity index (χ3n) is 2.87. The van der Waals surface area contributed by atoms with E-state index in [9.17, 15) is 39.5 Å². The molecule has 0 atom stereocenters. The van der Waals surface area contributed by atoms with Crippen molar-refractivity contribution in [2.75, 3.05) is 0 Å². The monoisotopic (exact) mass is 362 g/mol. The van der Waals surface area contributed by atoms with E-state index in [1.807, 2.05) is 0 Å². The molecular weight excluding hydrogens is 351 g/mol. The summed E-state index contributed by atoms with van der Waals surface area (Å²) in [6.07, 6.45) is -15.3. The molecule has 0 spiro atoms. The third kappa shape index (κ3) is 5.63. The van der Waals surface area contributed by atoms with Crippen LogP contribution in [0.1, 0.15) is 30.5 Å². The minimum atomic E-state index is -5.08. The normalized spacial score (nSPS) is 13.0. The Morgan fingerprint density at radius 3 is 1.54 bits per heavy atom. The van der Waals surface area contributed by atoms with Crippen molar-refractivity contribution in [1.82, 2.24) is 0 Å². The van der Waals surface area contributed by atoms with Crippen molar-refractivity contribution < 1.29 is 39.5 Å². The molecule has 0 nitrogen and oxygen atoms in total. The van der Waals surface area contributed by atoms with Gasteiger partial charge in [-0.1, -0.05) is 13.8 Å². The molecule has 0 saturated heterocycles. The predicted octanol–water partition coefficient (Wildman–Crippen LogP) is 6.48. The molecule has 1 aromatic carbocycles. The molecule has 24 heavy (non-hydrogen) atoms. The van der Waals surface area contributed by atoms with Crippen LogP contribution in [0.2, 0.25) is 0 Å². The van der Waals surface area contributed by atoms with E-state index in [-0.39, 0.29) is 12.1 Å². The van der Waals surface area contributed by atoms with Gasteiger partial charge in [0.2, 0.25) is 0 Å². The first-order valence-electron chi connectivity index (χ1n) is 6.45. The number of halogens is 9. The highest BCUT2D eigenvalue weighted by Crippen LogP contribution is 2.38. The number of alkyl halides is 9. The minimum Gasteiger partial charge on any atom is -0.166 e. The summed E-state index contributed by atoms with van der Waals surface area (Å²) in [7, 11) is 0. The van der Waals surface area contributed by atoms with Crippen molar-refractivity contribution >= 4 is 5.57 Å². The average Bonchev–Trinajstić information content (AvgIpc) is 2.34. The van der Waals surface area contributed by atoms with Crippen molar-refractivity contribution in [3.05, 3.63) is 46.7 Å². The minimum absolute atomic E-state index is 0.0884. The fourth-order valence-electron chi connectivity index (χ4n) is 1.85. The zero-order valence-electron chi connectivity index (χ0n) is 12.3. The van der Waals surface area contributed by atoms with E-state index in [0.29, 0.717) is 12.1 Å². The van der Waals surface area contributed by atoms with E-state index in [2.05, 4.69) is 0 Å². The highest BCUT2D eigenvalue weighted by Gasteiger charge is 2.37. The Morgan fingerprint density at radius 1 is 0.833 bits per heavy atom. The highest BCUT2D eigenvalue weighted by atomic mass is 19.4. The van der Waals surface area contributed by atoms with Crippen molar-refractivity contribution in [3.63, 3.8) is 0 Å². The molecule has 0 fully saturated rings. The molecule has 0 saturated carbocycles. The van der Waals surface area contributed by atoms with Gasteiger partial charge in [-0.05, 0) is 29.7 Å². The lowest BCUT2D eigenvalue weighted by Gasteiger charge is -2.16. The van der Waals surface area contributed by atoms with Crippen LogP contribution in [0.5, 0.6) is 0 Å². The van der Waals surface area contributed by atoms with Gasteiger partial charge in [-0.15, -0.1) is 5.73 Å². The van der Waals surface area contributed by atoms with Crippen molar-refractivity contribution in [2.45, 2.75) is 32.4 Å². The zero-order valence-corrected chi connectivity index (χ0v) is 12.3. The second-order valence-corrected chi connectivity index (χ2v) is 5.19. The van der Waals surface area contributed by atoms with Gasteiger partial charge in [-0.25, -0.2) is 0 Å². The summed E-state index contributed by atoms with van der Waals surface area (Å²) in [4.78, 5) is 0.